The summed E-state index contributed by atoms with van der Waals surface area (Å²) in [6, 6.07) is 0.921. The van der Waals surface area contributed by atoms with Crippen LogP contribution in [0.4, 0.5) is 5.95 Å². The predicted molar refractivity (Wildman–Crippen MR) is 100 cm³/mol. The Morgan fingerprint density at radius 1 is 1.12 bits per heavy atom. The van der Waals surface area contributed by atoms with Gasteiger partial charge in [-0.1, -0.05) is 31.5 Å². The molecule has 4 rings (SSSR count). The molecule has 138 valence electrons. The number of piperidine rings is 1. The molecule has 1 aromatic heterocycles. The number of carbonyl (C=O) groups is 1. The van der Waals surface area contributed by atoms with E-state index in [1.54, 1.807) is 11.8 Å². The maximum absolute atomic E-state index is 12.2. The minimum absolute atomic E-state index is 0.135. The van der Waals surface area contributed by atoms with E-state index in [9.17, 15) is 4.79 Å². The van der Waals surface area contributed by atoms with Crippen LogP contribution in [0.15, 0.2) is 5.16 Å². The fourth-order valence-electron chi connectivity index (χ4n) is 3.91. The Kier molecular flexibility index (Phi) is 5.20. The molecule has 2 heterocycles. The highest BCUT2D eigenvalue weighted by Crippen LogP contribution is 2.41. The number of hydrogen-bond acceptors (Lipinski definition) is 5. The van der Waals surface area contributed by atoms with Crippen LogP contribution in [0.1, 0.15) is 64.3 Å². The van der Waals surface area contributed by atoms with Crippen molar-refractivity contribution in [2.45, 2.75) is 75.5 Å². The number of nitrogens with one attached hydrogen (secondary N) is 1. The van der Waals surface area contributed by atoms with Crippen molar-refractivity contribution in [3.05, 3.63) is 0 Å². The van der Waals surface area contributed by atoms with Crippen molar-refractivity contribution in [1.82, 2.24) is 20.1 Å². The summed E-state index contributed by atoms with van der Waals surface area (Å²) in [7, 11) is 0. The minimum atomic E-state index is 0.135. The third kappa shape index (κ3) is 4.13. The number of nitrogens with zero attached hydrogens (tertiary/aromatic N) is 4. The van der Waals surface area contributed by atoms with E-state index in [1.807, 2.05) is 0 Å². The molecule has 1 aromatic rings. The van der Waals surface area contributed by atoms with E-state index in [4.69, 9.17) is 0 Å². The zero-order chi connectivity index (χ0) is 17.2. The molecule has 3 aliphatic rings. The number of hydrogen-bond donors (Lipinski definition) is 1. The highest BCUT2D eigenvalue weighted by atomic mass is 32.2. The van der Waals surface area contributed by atoms with Gasteiger partial charge in [-0.2, -0.15) is 0 Å². The summed E-state index contributed by atoms with van der Waals surface area (Å²) in [6.07, 6.45) is 9.61. The van der Waals surface area contributed by atoms with Crippen molar-refractivity contribution in [3.63, 3.8) is 0 Å². The van der Waals surface area contributed by atoms with Gasteiger partial charge in [0.1, 0.15) is 0 Å². The zero-order valence-corrected chi connectivity index (χ0v) is 15.9. The first-order valence-corrected chi connectivity index (χ1v) is 10.8. The van der Waals surface area contributed by atoms with E-state index in [2.05, 4.69) is 31.9 Å². The highest BCUT2D eigenvalue weighted by Gasteiger charge is 2.32. The Balaban J connectivity index is 1.38. The van der Waals surface area contributed by atoms with Crippen LogP contribution in [0.3, 0.4) is 0 Å². The second kappa shape index (κ2) is 7.56. The van der Waals surface area contributed by atoms with Crippen LogP contribution < -0.4 is 10.2 Å². The molecule has 7 heteroatoms. The average molecular weight is 364 g/mol. The van der Waals surface area contributed by atoms with Crippen LogP contribution in [0.25, 0.3) is 0 Å². The van der Waals surface area contributed by atoms with Gasteiger partial charge < -0.3 is 10.2 Å². The number of amides is 1. The van der Waals surface area contributed by atoms with Crippen LogP contribution >= 0.6 is 11.8 Å². The van der Waals surface area contributed by atoms with E-state index < -0.39 is 0 Å². The first-order valence-electron chi connectivity index (χ1n) is 9.82. The molecule has 0 spiro atoms. The molecular formula is C18H29N5OS. The minimum Gasteiger partial charge on any atom is -0.353 e. The van der Waals surface area contributed by atoms with Gasteiger partial charge in [0, 0.05) is 25.2 Å². The normalized spacial score (nSPS) is 22.5. The van der Waals surface area contributed by atoms with Gasteiger partial charge in [-0.05, 0) is 44.4 Å². The quantitative estimate of drug-likeness (QED) is 0.787. The number of carbonyl (C=O) groups excluding carboxylic acids is 1. The molecule has 1 amide bonds. The molecule has 3 fully saturated rings. The zero-order valence-electron chi connectivity index (χ0n) is 15.1. The SMILES string of the molecule is CC1CCN(c2nnc(SCC(=O)NC3CCCC3)n2C2CC2)CC1. The highest BCUT2D eigenvalue weighted by molar-refractivity contribution is 7.99. The summed E-state index contributed by atoms with van der Waals surface area (Å²) in [5.41, 5.74) is 0. The van der Waals surface area contributed by atoms with Crippen LogP contribution in [-0.2, 0) is 4.79 Å². The van der Waals surface area contributed by atoms with E-state index in [1.165, 1.54) is 38.5 Å². The molecule has 6 nitrogen and oxygen atoms in total. The number of thioether (sulfide) groups is 1. The Hall–Kier alpha value is -1.24. The standard InChI is InChI=1S/C18H29N5OS/c1-13-8-10-22(11-9-13)17-20-21-18(23(17)15-6-7-15)25-12-16(24)19-14-4-2-3-5-14/h13-15H,2-12H2,1H3,(H,19,24). The van der Waals surface area contributed by atoms with E-state index in [0.717, 1.165) is 43.0 Å². The van der Waals surface area contributed by atoms with Crippen LogP contribution in [0.5, 0.6) is 0 Å². The predicted octanol–water partition coefficient (Wildman–Crippen LogP) is 3.00. The van der Waals surface area contributed by atoms with E-state index in [-0.39, 0.29) is 5.91 Å². The Morgan fingerprint density at radius 3 is 2.52 bits per heavy atom. The van der Waals surface area contributed by atoms with Crippen molar-refractivity contribution >= 4 is 23.6 Å². The topological polar surface area (TPSA) is 63.1 Å². The van der Waals surface area contributed by atoms with Gasteiger partial charge >= 0.3 is 0 Å². The maximum Gasteiger partial charge on any atom is 0.230 e. The van der Waals surface area contributed by atoms with E-state index >= 15 is 0 Å². The van der Waals surface area contributed by atoms with Gasteiger partial charge in [-0.25, -0.2) is 0 Å². The first-order chi connectivity index (χ1) is 12.2. The summed E-state index contributed by atoms with van der Waals surface area (Å²) in [5.74, 6) is 2.41. The summed E-state index contributed by atoms with van der Waals surface area (Å²) >= 11 is 1.54. The van der Waals surface area contributed by atoms with Gasteiger partial charge in [0.2, 0.25) is 11.9 Å². The number of anilines is 1. The van der Waals surface area contributed by atoms with Crippen molar-refractivity contribution in [1.29, 1.82) is 0 Å². The maximum atomic E-state index is 12.2. The smallest absolute Gasteiger partial charge is 0.230 e. The Bertz CT molecular complexity index is 601. The fourth-order valence-corrected chi connectivity index (χ4v) is 4.73. The average Bonchev–Trinajstić information content (AvgIpc) is 3.15. The van der Waals surface area contributed by atoms with Gasteiger partial charge in [0.05, 0.1) is 5.75 Å². The molecule has 1 N–H and O–H groups in total. The molecule has 0 aromatic carbocycles. The molecule has 2 saturated carbocycles. The van der Waals surface area contributed by atoms with Crippen LogP contribution in [0, 0.1) is 5.92 Å². The van der Waals surface area contributed by atoms with Crippen LogP contribution in [0.2, 0.25) is 0 Å². The summed E-state index contributed by atoms with van der Waals surface area (Å²) < 4.78 is 2.30. The van der Waals surface area contributed by atoms with Crippen molar-refractivity contribution in [2.75, 3.05) is 23.7 Å². The third-order valence-electron chi connectivity index (χ3n) is 5.68. The summed E-state index contributed by atoms with van der Waals surface area (Å²) in [5, 5.41) is 13.0. The van der Waals surface area contributed by atoms with Crippen molar-refractivity contribution < 1.29 is 4.79 Å². The summed E-state index contributed by atoms with van der Waals surface area (Å²) in [4.78, 5) is 14.6. The lowest BCUT2D eigenvalue weighted by atomic mass is 10.00. The molecule has 1 aliphatic heterocycles. The second-order valence-corrected chi connectivity index (χ2v) is 8.83. The number of aromatic nitrogens is 3. The molecular weight excluding hydrogens is 334 g/mol. The molecule has 0 unspecified atom stereocenters. The Morgan fingerprint density at radius 2 is 1.84 bits per heavy atom. The lowest BCUT2D eigenvalue weighted by Gasteiger charge is -2.31. The molecule has 2 aliphatic carbocycles. The molecule has 0 bridgehead atoms. The molecule has 0 radical (unpaired) electrons. The molecule has 25 heavy (non-hydrogen) atoms. The van der Waals surface area contributed by atoms with Gasteiger partial charge in [-0.3, -0.25) is 9.36 Å². The van der Waals surface area contributed by atoms with Crippen molar-refractivity contribution in [2.24, 2.45) is 5.92 Å². The summed E-state index contributed by atoms with van der Waals surface area (Å²) in [6.45, 7) is 4.46. The lowest BCUT2D eigenvalue weighted by molar-refractivity contribution is -0.119. The Labute approximate surface area is 154 Å². The van der Waals surface area contributed by atoms with Gasteiger partial charge in [0.25, 0.3) is 0 Å². The second-order valence-electron chi connectivity index (χ2n) is 7.89. The monoisotopic (exact) mass is 363 g/mol. The van der Waals surface area contributed by atoms with Gasteiger partial charge in [-0.15, -0.1) is 10.2 Å². The van der Waals surface area contributed by atoms with E-state index in [0.29, 0.717) is 17.8 Å². The van der Waals surface area contributed by atoms with Crippen LogP contribution in [-0.4, -0.2) is 45.6 Å². The fraction of sp³-hybridized carbons (Fsp3) is 0.833. The molecule has 0 atom stereocenters. The largest absolute Gasteiger partial charge is 0.353 e. The molecule has 1 saturated heterocycles. The lowest BCUT2D eigenvalue weighted by Crippen LogP contribution is -2.35. The first kappa shape index (κ1) is 17.2. The third-order valence-corrected chi connectivity index (χ3v) is 6.62. The van der Waals surface area contributed by atoms with Crippen molar-refractivity contribution in [3.8, 4) is 0 Å². The number of rotatable bonds is 6. The van der Waals surface area contributed by atoms with Gasteiger partial charge in [0.15, 0.2) is 5.16 Å².